The van der Waals surface area contributed by atoms with Crippen LogP contribution in [0.3, 0.4) is 0 Å². The monoisotopic (exact) mass is 432 g/mol. The second-order valence-corrected chi connectivity index (χ2v) is 9.46. The molecule has 166 valence electrons. The summed E-state index contributed by atoms with van der Waals surface area (Å²) in [5.41, 5.74) is 4.72. The molecule has 2 aromatic carbocycles. The lowest BCUT2D eigenvalue weighted by atomic mass is 9.68. The maximum absolute atomic E-state index is 14.2. The maximum atomic E-state index is 14.2. The number of para-hydroxylation sites is 1. The van der Waals surface area contributed by atoms with Crippen molar-refractivity contribution in [3.8, 4) is 0 Å². The summed E-state index contributed by atoms with van der Waals surface area (Å²) in [7, 11) is 0. The van der Waals surface area contributed by atoms with E-state index in [2.05, 4.69) is 31.4 Å². The number of aryl methyl sites for hydroxylation is 1. The number of halogens is 1. The minimum absolute atomic E-state index is 0.0528. The number of allylic oxidation sites excluding steroid dienone is 3. The first-order chi connectivity index (χ1) is 15.2. The van der Waals surface area contributed by atoms with Crippen LogP contribution in [0.15, 0.2) is 71.1 Å². The van der Waals surface area contributed by atoms with Crippen LogP contribution < -0.4 is 10.6 Å². The first-order valence-corrected chi connectivity index (χ1v) is 11.1. The number of rotatable bonds is 4. The highest BCUT2D eigenvalue weighted by molar-refractivity contribution is 6.10. The summed E-state index contributed by atoms with van der Waals surface area (Å²) in [4.78, 5) is 26.8. The molecule has 1 unspecified atom stereocenters. The van der Waals surface area contributed by atoms with Crippen molar-refractivity contribution in [3.05, 3.63) is 88.0 Å². The van der Waals surface area contributed by atoms with Crippen molar-refractivity contribution in [2.45, 2.75) is 52.9 Å². The van der Waals surface area contributed by atoms with E-state index >= 15 is 0 Å². The fraction of sp³-hybridized carbons (Fsp3) is 0.333. The number of hydrogen-bond donors (Lipinski definition) is 2. The van der Waals surface area contributed by atoms with Gasteiger partial charge in [0.1, 0.15) is 5.82 Å². The van der Waals surface area contributed by atoms with Gasteiger partial charge in [-0.1, -0.05) is 57.2 Å². The SMILES string of the molecule is CCc1ccc(C2C(C(=O)Nc3ccccc3F)=C(C)NC3=C2C(=O)CC(C)(C)C3)cc1. The molecule has 0 saturated heterocycles. The minimum Gasteiger partial charge on any atom is -0.362 e. The Balaban J connectivity index is 1.81. The first-order valence-electron chi connectivity index (χ1n) is 11.1. The van der Waals surface area contributed by atoms with Crippen LogP contribution in [0.1, 0.15) is 57.6 Å². The number of Topliss-reactive ketones (excluding diaryl/α,β-unsaturated/α-hetero) is 1. The zero-order valence-corrected chi connectivity index (χ0v) is 19.0. The van der Waals surface area contributed by atoms with Crippen molar-refractivity contribution in [2.75, 3.05) is 5.32 Å². The number of carbonyl (C=O) groups excluding carboxylic acids is 2. The lowest BCUT2D eigenvalue weighted by Crippen LogP contribution is -2.39. The predicted molar refractivity (Wildman–Crippen MR) is 124 cm³/mol. The number of dihydropyridines is 1. The quantitative estimate of drug-likeness (QED) is 0.658. The number of ketones is 1. The van der Waals surface area contributed by atoms with Crippen LogP contribution in [0.5, 0.6) is 0 Å². The molecule has 2 N–H and O–H groups in total. The van der Waals surface area contributed by atoms with Gasteiger partial charge >= 0.3 is 0 Å². The topological polar surface area (TPSA) is 58.2 Å². The van der Waals surface area contributed by atoms with Crippen LogP contribution in [-0.4, -0.2) is 11.7 Å². The molecule has 0 spiro atoms. The van der Waals surface area contributed by atoms with Gasteiger partial charge in [0.15, 0.2) is 5.78 Å². The Kier molecular flexibility index (Phi) is 5.76. The Bertz CT molecular complexity index is 1140. The largest absolute Gasteiger partial charge is 0.362 e. The number of carbonyl (C=O) groups is 2. The molecular formula is C27H29FN2O2. The number of anilines is 1. The van der Waals surface area contributed by atoms with Gasteiger partial charge in [-0.15, -0.1) is 0 Å². The van der Waals surface area contributed by atoms with Crippen molar-refractivity contribution in [1.82, 2.24) is 5.32 Å². The molecule has 0 aromatic heterocycles. The first kappa shape index (κ1) is 22.0. The Hall–Kier alpha value is -3.21. The molecule has 0 bridgehead atoms. The van der Waals surface area contributed by atoms with Gasteiger partial charge in [0.25, 0.3) is 5.91 Å². The third-order valence-corrected chi connectivity index (χ3v) is 6.33. The van der Waals surface area contributed by atoms with Gasteiger partial charge in [-0.3, -0.25) is 9.59 Å². The number of nitrogens with one attached hydrogen (secondary N) is 2. The van der Waals surface area contributed by atoms with Crippen molar-refractivity contribution in [3.63, 3.8) is 0 Å². The normalized spacial score (nSPS) is 20.0. The van der Waals surface area contributed by atoms with Crippen LogP contribution >= 0.6 is 0 Å². The smallest absolute Gasteiger partial charge is 0.254 e. The maximum Gasteiger partial charge on any atom is 0.254 e. The fourth-order valence-electron chi connectivity index (χ4n) is 4.77. The lowest BCUT2D eigenvalue weighted by Gasteiger charge is -2.39. The molecule has 1 aliphatic heterocycles. The number of benzene rings is 2. The zero-order chi connectivity index (χ0) is 23.0. The molecule has 1 atom stereocenters. The van der Waals surface area contributed by atoms with Crippen molar-refractivity contribution in [1.29, 1.82) is 0 Å². The van der Waals surface area contributed by atoms with Gasteiger partial charge < -0.3 is 10.6 Å². The summed E-state index contributed by atoms with van der Waals surface area (Å²) in [6.45, 7) is 8.10. The summed E-state index contributed by atoms with van der Waals surface area (Å²) < 4.78 is 14.2. The highest BCUT2D eigenvalue weighted by Gasteiger charge is 2.42. The molecule has 0 saturated carbocycles. The molecule has 0 radical (unpaired) electrons. The zero-order valence-electron chi connectivity index (χ0n) is 19.0. The Labute approximate surface area is 188 Å². The molecule has 2 aliphatic rings. The van der Waals surface area contributed by atoms with Crippen molar-refractivity contribution >= 4 is 17.4 Å². The third-order valence-electron chi connectivity index (χ3n) is 6.33. The van der Waals surface area contributed by atoms with Gasteiger partial charge in [0, 0.05) is 34.9 Å². The second-order valence-electron chi connectivity index (χ2n) is 9.46. The summed E-state index contributed by atoms with van der Waals surface area (Å²) in [6.07, 6.45) is 2.07. The van der Waals surface area contributed by atoms with E-state index in [0.29, 0.717) is 23.3 Å². The summed E-state index contributed by atoms with van der Waals surface area (Å²) >= 11 is 0. The molecule has 1 heterocycles. The second kappa shape index (κ2) is 8.38. The van der Waals surface area contributed by atoms with Gasteiger partial charge in [-0.05, 0) is 48.4 Å². The van der Waals surface area contributed by atoms with E-state index in [1.807, 2.05) is 31.2 Å². The Morgan fingerprint density at radius 1 is 1.12 bits per heavy atom. The highest BCUT2D eigenvalue weighted by atomic mass is 19.1. The highest BCUT2D eigenvalue weighted by Crippen LogP contribution is 2.46. The van der Waals surface area contributed by atoms with Gasteiger partial charge in [0.2, 0.25) is 0 Å². The van der Waals surface area contributed by atoms with Crippen LogP contribution in [0.25, 0.3) is 0 Å². The van der Waals surface area contributed by atoms with E-state index in [0.717, 1.165) is 24.1 Å². The van der Waals surface area contributed by atoms with Gasteiger partial charge in [-0.2, -0.15) is 0 Å². The molecule has 1 amide bonds. The van der Waals surface area contributed by atoms with Crippen LogP contribution in [0.2, 0.25) is 0 Å². The number of amides is 1. The van der Waals surface area contributed by atoms with Gasteiger partial charge in [0.05, 0.1) is 5.69 Å². The van der Waals surface area contributed by atoms with E-state index in [4.69, 9.17) is 0 Å². The average molecular weight is 433 g/mol. The fourth-order valence-corrected chi connectivity index (χ4v) is 4.77. The molecule has 4 nitrogen and oxygen atoms in total. The molecular weight excluding hydrogens is 403 g/mol. The summed E-state index contributed by atoms with van der Waals surface area (Å²) in [5.74, 6) is -1.35. The summed E-state index contributed by atoms with van der Waals surface area (Å²) in [6, 6.07) is 14.2. The van der Waals surface area contributed by atoms with Crippen molar-refractivity contribution < 1.29 is 14.0 Å². The molecule has 1 aliphatic carbocycles. The van der Waals surface area contributed by atoms with Crippen molar-refractivity contribution in [2.24, 2.45) is 5.41 Å². The lowest BCUT2D eigenvalue weighted by molar-refractivity contribution is -0.118. The summed E-state index contributed by atoms with van der Waals surface area (Å²) in [5, 5.41) is 6.06. The Morgan fingerprint density at radius 2 is 1.81 bits per heavy atom. The van der Waals surface area contributed by atoms with E-state index in [1.165, 1.54) is 17.7 Å². The van der Waals surface area contributed by atoms with E-state index in [1.54, 1.807) is 12.1 Å². The van der Waals surface area contributed by atoms with Crippen LogP contribution in [0, 0.1) is 11.2 Å². The molecule has 2 aromatic rings. The number of hydrogen-bond acceptors (Lipinski definition) is 3. The predicted octanol–water partition coefficient (Wildman–Crippen LogP) is 5.63. The van der Waals surface area contributed by atoms with E-state index in [-0.39, 0.29) is 16.9 Å². The molecule has 5 heteroatoms. The molecule has 32 heavy (non-hydrogen) atoms. The van der Waals surface area contributed by atoms with Crippen LogP contribution in [0.4, 0.5) is 10.1 Å². The van der Waals surface area contributed by atoms with Crippen LogP contribution in [-0.2, 0) is 16.0 Å². The van der Waals surface area contributed by atoms with E-state index < -0.39 is 17.6 Å². The van der Waals surface area contributed by atoms with Gasteiger partial charge in [-0.25, -0.2) is 4.39 Å². The molecule has 0 fully saturated rings. The Morgan fingerprint density at radius 3 is 2.47 bits per heavy atom. The standard InChI is InChI=1S/C27H29FN2O2/c1-5-17-10-12-18(13-11-17)24-23(26(32)30-20-9-7-6-8-19(20)28)16(2)29-21-14-27(3,4)15-22(31)25(21)24/h6-13,24,29H,5,14-15H2,1-4H3,(H,30,32). The average Bonchev–Trinajstić information content (AvgIpc) is 2.73. The van der Waals surface area contributed by atoms with E-state index in [9.17, 15) is 14.0 Å². The molecule has 4 rings (SSSR count). The minimum atomic E-state index is -0.498. The third kappa shape index (κ3) is 4.12.